The van der Waals surface area contributed by atoms with Crippen molar-refractivity contribution in [3.63, 3.8) is 0 Å². The number of anilines is 1. The molecule has 0 spiro atoms. The van der Waals surface area contributed by atoms with Crippen LogP contribution in [0.2, 0.25) is 5.02 Å². The summed E-state index contributed by atoms with van der Waals surface area (Å²) in [5.74, 6) is 2.26. The van der Waals surface area contributed by atoms with Crippen molar-refractivity contribution in [3.8, 4) is 0 Å². The van der Waals surface area contributed by atoms with E-state index in [9.17, 15) is 4.79 Å². The summed E-state index contributed by atoms with van der Waals surface area (Å²) in [6.07, 6.45) is 4.58. The summed E-state index contributed by atoms with van der Waals surface area (Å²) < 4.78 is 0. The van der Waals surface area contributed by atoms with Crippen molar-refractivity contribution in [1.29, 1.82) is 0 Å². The van der Waals surface area contributed by atoms with Gasteiger partial charge >= 0.3 is 0 Å². The molecule has 0 aliphatic heterocycles. The molecule has 0 aliphatic carbocycles. The highest BCUT2D eigenvalue weighted by atomic mass is 35.5. The quantitative estimate of drug-likeness (QED) is 0.474. The second-order valence-electron chi connectivity index (χ2n) is 7.23. The summed E-state index contributed by atoms with van der Waals surface area (Å²) in [6, 6.07) is 16.1. The molecule has 1 aromatic heterocycles. The van der Waals surface area contributed by atoms with Crippen LogP contribution in [-0.4, -0.2) is 29.8 Å². The van der Waals surface area contributed by atoms with Crippen molar-refractivity contribution in [2.45, 2.75) is 19.1 Å². The molecule has 0 unspecified atom stereocenters. The Balaban J connectivity index is 1.70. The van der Waals surface area contributed by atoms with E-state index in [1.807, 2.05) is 50.5 Å². The number of aromatic amines is 1. The van der Waals surface area contributed by atoms with E-state index >= 15 is 0 Å². The lowest BCUT2D eigenvalue weighted by Gasteiger charge is -2.11. The summed E-state index contributed by atoms with van der Waals surface area (Å²) in [7, 11) is 4.04. The molecule has 2 aromatic carbocycles. The molecule has 6 heteroatoms. The van der Waals surface area contributed by atoms with Crippen LogP contribution in [0.1, 0.15) is 28.2 Å². The van der Waals surface area contributed by atoms with Gasteiger partial charge in [-0.25, -0.2) is 4.98 Å². The van der Waals surface area contributed by atoms with Gasteiger partial charge in [-0.2, -0.15) is 11.8 Å². The van der Waals surface area contributed by atoms with Crippen molar-refractivity contribution < 1.29 is 0 Å². The van der Waals surface area contributed by atoms with Crippen LogP contribution in [0.4, 0.5) is 5.69 Å². The molecule has 0 fully saturated rings. The number of halogens is 1. The van der Waals surface area contributed by atoms with E-state index in [0.717, 1.165) is 39.0 Å². The average molecular weight is 440 g/mol. The third-order valence-electron chi connectivity index (χ3n) is 4.72. The second kappa shape index (κ2) is 10.5. The third-order valence-corrected chi connectivity index (χ3v) is 6.10. The summed E-state index contributed by atoms with van der Waals surface area (Å²) in [5.41, 5.74) is 4.71. The van der Waals surface area contributed by atoms with Crippen LogP contribution < -0.4 is 10.5 Å². The summed E-state index contributed by atoms with van der Waals surface area (Å²) in [5, 5.41) is 0.781. The lowest BCUT2D eigenvalue weighted by molar-refractivity contribution is 0.947. The molecule has 4 nitrogen and oxygen atoms in total. The first kappa shape index (κ1) is 22.2. The molecule has 0 saturated carbocycles. The maximum atomic E-state index is 12.5. The predicted octanol–water partition coefficient (Wildman–Crippen LogP) is 5.44. The second-order valence-corrected chi connectivity index (χ2v) is 8.74. The molecular weight excluding hydrogens is 414 g/mol. The van der Waals surface area contributed by atoms with Gasteiger partial charge in [-0.1, -0.05) is 48.0 Å². The van der Waals surface area contributed by atoms with Crippen LogP contribution in [0.15, 0.2) is 53.3 Å². The van der Waals surface area contributed by atoms with E-state index in [2.05, 4.69) is 39.1 Å². The summed E-state index contributed by atoms with van der Waals surface area (Å²) in [4.78, 5) is 22.0. The number of aromatic nitrogens is 2. The number of hydrogen-bond acceptors (Lipinski definition) is 4. The first-order chi connectivity index (χ1) is 14.4. The average Bonchev–Trinajstić information content (AvgIpc) is 2.72. The number of nitrogens with zero attached hydrogens (tertiary/aromatic N) is 2. The van der Waals surface area contributed by atoms with Gasteiger partial charge in [0, 0.05) is 36.1 Å². The predicted molar refractivity (Wildman–Crippen MR) is 131 cm³/mol. The SMILES string of the molecule is Cc1nc(/C=C/c2ccc(N(C)C)cc2)c(CCSCc2ccccc2Cl)c(=O)[nH]1. The topological polar surface area (TPSA) is 49.0 Å². The molecule has 0 amide bonds. The van der Waals surface area contributed by atoms with Crippen LogP contribution >= 0.6 is 23.4 Å². The number of H-pyrrole nitrogens is 1. The Kier molecular flexibility index (Phi) is 7.77. The molecule has 30 heavy (non-hydrogen) atoms. The minimum absolute atomic E-state index is 0.0663. The molecule has 0 bridgehead atoms. The Morgan fingerprint density at radius 2 is 1.83 bits per heavy atom. The number of aryl methyl sites for hydroxylation is 1. The fraction of sp³-hybridized carbons (Fsp3) is 0.250. The Morgan fingerprint density at radius 3 is 2.53 bits per heavy atom. The van der Waals surface area contributed by atoms with Crippen molar-refractivity contribution in [1.82, 2.24) is 9.97 Å². The molecule has 156 valence electrons. The third kappa shape index (κ3) is 6.00. The Morgan fingerprint density at radius 1 is 1.10 bits per heavy atom. The molecule has 0 aliphatic rings. The molecule has 0 radical (unpaired) electrons. The minimum Gasteiger partial charge on any atom is -0.378 e. The van der Waals surface area contributed by atoms with Crippen LogP contribution in [-0.2, 0) is 12.2 Å². The Labute approximate surface area is 187 Å². The fourth-order valence-corrected chi connectivity index (χ4v) is 4.29. The van der Waals surface area contributed by atoms with Gasteiger partial charge in [0.25, 0.3) is 5.56 Å². The van der Waals surface area contributed by atoms with Gasteiger partial charge in [0.15, 0.2) is 0 Å². The van der Waals surface area contributed by atoms with E-state index in [4.69, 9.17) is 11.6 Å². The van der Waals surface area contributed by atoms with Crippen LogP contribution in [0.25, 0.3) is 12.2 Å². The molecule has 0 saturated heterocycles. The first-order valence-electron chi connectivity index (χ1n) is 9.80. The number of hydrogen-bond donors (Lipinski definition) is 1. The minimum atomic E-state index is -0.0663. The molecule has 1 heterocycles. The fourth-order valence-electron chi connectivity index (χ4n) is 3.04. The molecule has 3 rings (SSSR count). The van der Waals surface area contributed by atoms with Gasteiger partial charge in [0.1, 0.15) is 5.82 Å². The highest BCUT2D eigenvalue weighted by molar-refractivity contribution is 7.98. The number of rotatable bonds is 8. The Hall–Kier alpha value is -2.50. The lowest BCUT2D eigenvalue weighted by atomic mass is 10.1. The largest absolute Gasteiger partial charge is 0.378 e. The van der Waals surface area contributed by atoms with E-state index in [1.165, 1.54) is 0 Å². The van der Waals surface area contributed by atoms with E-state index < -0.39 is 0 Å². The number of benzene rings is 2. The smallest absolute Gasteiger partial charge is 0.254 e. The summed E-state index contributed by atoms with van der Waals surface area (Å²) in [6.45, 7) is 1.81. The molecular formula is C24H26ClN3OS. The van der Waals surface area contributed by atoms with Gasteiger partial charge in [0.2, 0.25) is 0 Å². The maximum Gasteiger partial charge on any atom is 0.254 e. The zero-order valence-electron chi connectivity index (χ0n) is 17.5. The van der Waals surface area contributed by atoms with Gasteiger partial charge in [-0.05, 0) is 54.5 Å². The highest BCUT2D eigenvalue weighted by Gasteiger charge is 2.09. The van der Waals surface area contributed by atoms with Crippen molar-refractivity contribution in [2.75, 3.05) is 24.7 Å². The van der Waals surface area contributed by atoms with Gasteiger partial charge < -0.3 is 9.88 Å². The zero-order valence-corrected chi connectivity index (χ0v) is 19.1. The number of thioether (sulfide) groups is 1. The lowest BCUT2D eigenvalue weighted by Crippen LogP contribution is -2.18. The highest BCUT2D eigenvalue weighted by Crippen LogP contribution is 2.21. The van der Waals surface area contributed by atoms with Crippen molar-refractivity contribution >= 4 is 41.2 Å². The zero-order chi connectivity index (χ0) is 21.5. The van der Waals surface area contributed by atoms with Gasteiger partial charge in [-0.3, -0.25) is 4.79 Å². The maximum absolute atomic E-state index is 12.5. The molecule has 3 aromatic rings. The summed E-state index contributed by atoms with van der Waals surface area (Å²) >= 11 is 7.99. The standard InChI is InChI=1S/C24H26ClN3OS/c1-17-26-23(13-10-18-8-11-20(12-9-18)28(2)3)21(24(29)27-17)14-15-30-16-19-6-4-5-7-22(19)25/h4-13H,14-16H2,1-3H3,(H,26,27,29)/b13-10+. The van der Waals surface area contributed by atoms with Gasteiger partial charge in [0.05, 0.1) is 5.69 Å². The van der Waals surface area contributed by atoms with E-state index in [1.54, 1.807) is 18.7 Å². The Bertz CT molecular complexity index is 1070. The first-order valence-corrected chi connectivity index (χ1v) is 11.3. The van der Waals surface area contributed by atoms with E-state index in [0.29, 0.717) is 17.8 Å². The molecule has 0 atom stereocenters. The van der Waals surface area contributed by atoms with Gasteiger partial charge in [-0.15, -0.1) is 0 Å². The van der Waals surface area contributed by atoms with Crippen LogP contribution in [0, 0.1) is 6.92 Å². The van der Waals surface area contributed by atoms with E-state index in [-0.39, 0.29) is 5.56 Å². The van der Waals surface area contributed by atoms with Crippen molar-refractivity contribution in [2.24, 2.45) is 0 Å². The monoisotopic (exact) mass is 439 g/mol. The van der Waals surface area contributed by atoms with Crippen molar-refractivity contribution in [3.05, 3.63) is 92.1 Å². The van der Waals surface area contributed by atoms with Crippen LogP contribution in [0.5, 0.6) is 0 Å². The van der Waals surface area contributed by atoms with Crippen LogP contribution in [0.3, 0.4) is 0 Å². The normalized spacial score (nSPS) is 11.2. The molecule has 1 N–H and O–H groups in total. The number of nitrogens with one attached hydrogen (secondary N) is 1.